The van der Waals surface area contributed by atoms with Gasteiger partial charge < -0.3 is 9.84 Å². The third kappa shape index (κ3) is 2.83. The molecule has 1 N–H and O–H groups in total. The maximum Gasteiger partial charge on any atom is 0.258 e. The minimum atomic E-state index is 0.437. The monoisotopic (exact) mass is 283 g/mol. The smallest absolute Gasteiger partial charge is 0.258 e. The van der Waals surface area contributed by atoms with Gasteiger partial charge in [-0.1, -0.05) is 28.4 Å². The highest BCUT2D eigenvalue weighted by molar-refractivity contribution is 6.35. The van der Waals surface area contributed by atoms with E-state index >= 15 is 0 Å². The molecule has 0 aliphatic heterocycles. The van der Waals surface area contributed by atoms with Crippen molar-refractivity contribution < 1.29 is 4.52 Å². The average molecular weight is 284 g/mol. The van der Waals surface area contributed by atoms with Crippen molar-refractivity contribution in [2.75, 3.05) is 0 Å². The maximum absolute atomic E-state index is 5.93. The first kappa shape index (κ1) is 12.0. The average Bonchev–Trinajstić information content (AvgIpc) is 3.02. The van der Waals surface area contributed by atoms with Crippen molar-refractivity contribution in [2.45, 2.75) is 25.4 Å². The third-order valence-electron chi connectivity index (χ3n) is 2.70. The third-order valence-corrected chi connectivity index (χ3v) is 3.14. The summed E-state index contributed by atoms with van der Waals surface area (Å²) in [5.74, 6) is 1.08. The lowest BCUT2D eigenvalue weighted by Gasteiger charge is -1.97. The number of rotatable bonds is 4. The number of nitrogens with one attached hydrogen (secondary N) is 1. The molecule has 94 valence electrons. The molecule has 0 atom stereocenters. The molecule has 0 saturated heterocycles. The Bertz CT molecular complexity index is 546. The van der Waals surface area contributed by atoms with Crippen molar-refractivity contribution in [3.8, 4) is 11.5 Å². The van der Waals surface area contributed by atoms with Crippen LogP contribution in [0, 0.1) is 0 Å². The first-order chi connectivity index (χ1) is 8.70. The van der Waals surface area contributed by atoms with Crippen LogP contribution < -0.4 is 5.32 Å². The Morgan fingerprint density at radius 3 is 2.61 bits per heavy atom. The Hall–Kier alpha value is -1.10. The van der Waals surface area contributed by atoms with Crippen LogP contribution in [0.15, 0.2) is 22.7 Å². The molecule has 2 aromatic rings. The van der Waals surface area contributed by atoms with Crippen molar-refractivity contribution >= 4 is 23.2 Å². The maximum atomic E-state index is 5.93. The van der Waals surface area contributed by atoms with Gasteiger partial charge in [-0.3, -0.25) is 0 Å². The van der Waals surface area contributed by atoms with Crippen LogP contribution in [-0.4, -0.2) is 16.2 Å². The van der Waals surface area contributed by atoms with Crippen LogP contribution in [0.3, 0.4) is 0 Å². The molecular weight excluding hydrogens is 273 g/mol. The van der Waals surface area contributed by atoms with E-state index in [2.05, 4.69) is 15.5 Å². The Labute approximate surface area is 114 Å². The quantitative estimate of drug-likeness (QED) is 0.936. The van der Waals surface area contributed by atoms with Crippen LogP contribution in [0.5, 0.6) is 0 Å². The van der Waals surface area contributed by atoms with Crippen molar-refractivity contribution in [1.82, 2.24) is 15.5 Å². The molecule has 0 bridgehead atoms. The van der Waals surface area contributed by atoms with Crippen LogP contribution in [0.1, 0.15) is 18.7 Å². The lowest BCUT2D eigenvalue weighted by atomic mass is 10.2. The summed E-state index contributed by atoms with van der Waals surface area (Å²) in [5, 5.41) is 8.34. The first-order valence-electron chi connectivity index (χ1n) is 5.73. The Morgan fingerprint density at radius 2 is 1.94 bits per heavy atom. The summed E-state index contributed by atoms with van der Waals surface area (Å²) in [6.07, 6.45) is 2.46. The summed E-state index contributed by atoms with van der Waals surface area (Å²) < 4.78 is 5.19. The van der Waals surface area contributed by atoms with E-state index in [9.17, 15) is 0 Å². The van der Waals surface area contributed by atoms with Gasteiger partial charge in [-0.05, 0) is 31.0 Å². The van der Waals surface area contributed by atoms with Crippen LogP contribution in [0.25, 0.3) is 11.5 Å². The van der Waals surface area contributed by atoms with E-state index in [1.54, 1.807) is 18.2 Å². The van der Waals surface area contributed by atoms with E-state index in [0.717, 1.165) is 5.56 Å². The molecule has 1 aromatic carbocycles. The van der Waals surface area contributed by atoms with Gasteiger partial charge in [0.25, 0.3) is 5.89 Å². The molecule has 1 saturated carbocycles. The predicted molar refractivity (Wildman–Crippen MR) is 69.6 cm³/mol. The molecule has 0 radical (unpaired) electrons. The summed E-state index contributed by atoms with van der Waals surface area (Å²) >= 11 is 11.9. The van der Waals surface area contributed by atoms with Crippen molar-refractivity contribution in [1.29, 1.82) is 0 Å². The second-order valence-electron chi connectivity index (χ2n) is 4.33. The molecule has 1 aliphatic carbocycles. The standard InChI is InChI=1S/C12H11Cl2N3O/c13-8-3-7(4-9(14)5-8)12-16-11(17-18-12)6-15-10-1-2-10/h3-5,10,15H,1-2,6H2. The number of hydrogen-bond acceptors (Lipinski definition) is 4. The topological polar surface area (TPSA) is 51.0 Å². The SMILES string of the molecule is Clc1cc(Cl)cc(-c2nc(CNC3CC3)no2)c1. The summed E-state index contributed by atoms with van der Waals surface area (Å²) in [6, 6.07) is 5.78. The van der Waals surface area contributed by atoms with Gasteiger partial charge in [0.2, 0.25) is 0 Å². The number of halogens is 2. The van der Waals surface area contributed by atoms with E-state index in [1.807, 2.05) is 0 Å². The van der Waals surface area contributed by atoms with Crippen LogP contribution in [0.2, 0.25) is 10.0 Å². The van der Waals surface area contributed by atoms with E-state index in [1.165, 1.54) is 12.8 Å². The Morgan fingerprint density at radius 1 is 1.22 bits per heavy atom. The van der Waals surface area contributed by atoms with Gasteiger partial charge in [0.15, 0.2) is 5.82 Å². The molecule has 4 nitrogen and oxygen atoms in total. The van der Waals surface area contributed by atoms with E-state index in [0.29, 0.717) is 34.3 Å². The van der Waals surface area contributed by atoms with Gasteiger partial charge >= 0.3 is 0 Å². The largest absolute Gasteiger partial charge is 0.334 e. The fraction of sp³-hybridized carbons (Fsp3) is 0.333. The van der Waals surface area contributed by atoms with Gasteiger partial charge in [0.05, 0.1) is 6.54 Å². The van der Waals surface area contributed by atoms with Crippen LogP contribution in [0.4, 0.5) is 0 Å². The highest BCUT2D eigenvalue weighted by Gasteiger charge is 2.21. The minimum Gasteiger partial charge on any atom is -0.334 e. The molecule has 1 aliphatic rings. The molecule has 0 amide bonds. The summed E-state index contributed by atoms with van der Waals surface area (Å²) in [4.78, 5) is 4.30. The first-order valence-corrected chi connectivity index (χ1v) is 6.49. The molecule has 18 heavy (non-hydrogen) atoms. The van der Waals surface area contributed by atoms with E-state index in [4.69, 9.17) is 27.7 Å². The zero-order chi connectivity index (χ0) is 12.5. The van der Waals surface area contributed by atoms with Gasteiger partial charge in [-0.15, -0.1) is 0 Å². The molecule has 0 spiro atoms. The van der Waals surface area contributed by atoms with E-state index in [-0.39, 0.29) is 0 Å². The molecule has 6 heteroatoms. The number of aromatic nitrogens is 2. The molecule has 1 heterocycles. The minimum absolute atomic E-state index is 0.437. The molecule has 0 unspecified atom stereocenters. The van der Waals surface area contributed by atoms with E-state index < -0.39 is 0 Å². The summed E-state index contributed by atoms with van der Waals surface area (Å²) in [7, 11) is 0. The number of benzene rings is 1. The summed E-state index contributed by atoms with van der Waals surface area (Å²) in [6.45, 7) is 0.627. The van der Waals surface area contributed by atoms with Crippen LogP contribution >= 0.6 is 23.2 Å². The Balaban J connectivity index is 1.78. The molecule has 3 rings (SSSR count). The fourth-order valence-corrected chi connectivity index (χ4v) is 2.17. The lowest BCUT2D eigenvalue weighted by molar-refractivity contribution is 0.419. The zero-order valence-corrected chi connectivity index (χ0v) is 11.0. The normalized spacial score (nSPS) is 15.0. The van der Waals surface area contributed by atoms with Gasteiger partial charge in [0, 0.05) is 21.7 Å². The molecule has 1 aromatic heterocycles. The van der Waals surface area contributed by atoms with Crippen molar-refractivity contribution in [3.63, 3.8) is 0 Å². The number of hydrogen-bond donors (Lipinski definition) is 1. The van der Waals surface area contributed by atoms with Crippen molar-refractivity contribution in [2.24, 2.45) is 0 Å². The van der Waals surface area contributed by atoms with Gasteiger partial charge in [-0.2, -0.15) is 4.98 Å². The second-order valence-corrected chi connectivity index (χ2v) is 5.20. The fourth-order valence-electron chi connectivity index (χ4n) is 1.64. The highest BCUT2D eigenvalue weighted by Crippen LogP contribution is 2.26. The Kier molecular flexibility index (Phi) is 3.24. The highest BCUT2D eigenvalue weighted by atomic mass is 35.5. The molecule has 1 fully saturated rings. The van der Waals surface area contributed by atoms with Crippen molar-refractivity contribution in [3.05, 3.63) is 34.1 Å². The zero-order valence-electron chi connectivity index (χ0n) is 9.49. The lowest BCUT2D eigenvalue weighted by Crippen LogP contribution is -2.16. The van der Waals surface area contributed by atoms with Gasteiger partial charge in [0.1, 0.15) is 0 Å². The molecular formula is C12H11Cl2N3O. The summed E-state index contributed by atoms with van der Waals surface area (Å²) in [5.41, 5.74) is 0.734. The van der Waals surface area contributed by atoms with Gasteiger partial charge in [-0.25, -0.2) is 0 Å². The van der Waals surface area contributed by atoms with Crippen LogP contribution in [-0.2, 0) is 6.54 Å². The second kappa shape index (κ2) is 4.88. The predicted octanol–water partition coefficient (Wildman–Crippen LogP) is 3.30. The number of nitrogens with zero attached hydrogens (tertiary/aromatic N) is 2.